The third-order valence-electron chi connectivity index (χ3n) is 3.09. The number of nitrogens with two attached hydrogens (primary N) is 1. The summed E-state index contributed by atoms with van der Waals surface area (Å²) in [5.41, 5.74) is 6.18. The van der Waals surface area contributed by atoms with Gasteiger partial charge in [0.05, 0.1) is 17.3 Å². The normalized spacial score (nSPS) is 18.2. The van der Waals surface area contributed by atoms with Crippen LogP contribution in [0.25, 0.3) is 0 Å². The minimum Gasteiger partial charge on any atom is -0.369 e. The van der Waals surface area contributed by atoms with Crippen LogP contribution in [0.5, 0.6) is 0 Å². The third-order valence-corrected chi connectivity index (χ3v) is 3.32. The number of amides is 3. The van der Waals surface area contributed by atoms with Gasteiger partial charge >= 0.3 is 0 Å². The van der Waals surface area contributed by atoms with Gasteiger partial charge in [-0.2, -0.15) is 0 Å². The van der Waals surface area contributed by atoms with Gasteiger partial charge in [0.2, 0.25) is 17.7 Å². The highest BCUT2D eigenvalue weighted by Crippen LogP contribution is 2.33. The molecule has 106 valence electrons. The van der Waals surface area contributed by atoms with E-state index in [4.69, 9.17) is 17.3 Å². The molecule has 1 aliphatic heterocycles. The molecule has 1 heterocycles. The van der Waals surface area contributed by atoms with Gasteiger partial charge in [0.15, 0.2) is 0 Å². The summed E-state index contributed by atoms with van der Waals surface area (Å²) in [5, 5.41) is 3.07. The standard InChI is InChI=1S/C13H14ClN3O3/c1-7(18)16-10-3-2-9(14)5-11(10)17-6-8(13(15)20)4-12(17)19/h2-3,5,8H,4,6H2,1H3,(H2,15,20)(H,16,18). The molecule has 0 radical (unpaired) electrons. The quantitative estimate of drug-likeness (QED) is 0.875. The summed E-state index contributed by atoms with van der Waals surface area (Å²) in [5.74, 6) is -1.51. The minimum atomic E-state index is -0.522. The number of halogens is 1. The van der Waals surface area contributed by atoms with E-state index < -0.39 is 11.8 Å². The maximum Gasteiger partial charge on any atom is 0.227 e. The zero-order chi connectivity index (χ0) is 14.9. The van der Waals surface area contributed by atoms with Gasteiger partial charge < -0.3 is 16.0 Å². The molecule has 0 aliphatic carbocycles. The summed E-state index contributed by atoms with van der Waals surface area (Å²) >= 11 is 5.94. The van der Waals surface area contributed by atoms with E-state index in [9.17, 15) is 14.4 Å². The van der Waals surface area contributed by atoms with Crippen molar-refractivity contribution >= 4 is 40.7 Å². The first kappa shape index (κ1) is 14.3. The molecule has 6 nitrogen and oxygen atoms in total. The molecule has 1 fully saturated rings. The molecule has 3 N–H and O–H groups in total. The van der Waals surface area contributed by atoms with Crippen LogP contribution in [-0.4, -0.2) is 24.3 Å². The van der Waals surface area contributed by atoms with Crippen LogP contribution < -0.4 is 16.0 Å². The van der Waals surface area contributed by atoms with Crippen molar-refractivity contribution in [3.8, 4) is 0 Å². The van der Waals surface area contributed by atoms with Crippen molar-refractivity contribution in [2.45, 2.75) is 13.3 Å². The fraction of sp³-hybridized carbons (Fsp3) is 0.308. The number of hydrogen-bond acceptors (Lipinski definition) is 3. The van der Waals surface area contributed by atoms with Crippen LogP contribution in [0.2, 0.25) is 5.02 Å². The molecule has 1 unspecified atom stereocenters. The van der Waals surface area contributed by atoms with E-state index in [-0.39, 0.29) is 24.8 Å². The maximum atomic E-state index is 12.0. The van der Waals surface area contributed by atoms with Crippen molar-refractivity contribution in [3.63, 3.8) is 0 Å². The van der Waals surface area contributed by atoms with Crippen LogP contribution in [0.1, 0.15) is 13.3 Å². The SMILES string of the molecule is CC(=O)Nc1ccc(Cl)cc1N1CC(C(N)=O)CC1=O. The van der Waals surface area contributed by atoms with Crippen molar-refractivity contribution in [2.75, 3.05) is 16.8 Å². The first-order valence-electron chi connectivity index (χ1n) is 6.05. The molecule has 2 rings (SSSR count). The van der Waals surface area contributed by atoms with Gasteiger partial charge in [-0.3, -0.25) is 14.4 Å². The Hall–Kier alpha value is -2.08. The molecule has 0 aromatic heterocycles. The van der Waals surface area contributed by atoms with E-state index in [0.29, 0.717) is 16.4 Å². The molecule has 1 saturated heterocycles. The number of nitrogens with zero attached hydrogens (tertiary/aromatic N) is 1. The zero-order valence-corrected chi connectivity index (χ0v) is 11.6. The smallest absolute Gasteiger partial charge is 0.227 e. The van der Waals surface area contributed by atoms with Gasteiger partial charge in [-0.25, -0.2) is 0 Å². The number of hydrogen-bond donors (Lipinski definition) is 2. The Morgan fingerprint density at radius 1 is 1.45 bits per heavy atom. The second kappa shape index (κ2) is 5.50. The number of carbonyl (C=O) groups excluding carboxylic acids is 3. The van der Waals surface area contributed by atoms with Crippen molar-refractivity contribution < 1.29 is 14.4 Å². The number of carbonyl (C=O) groups is 3. The Kier molecular flexibility index (Phi) is 3.94. The van der Waals surface area contributed by atoms with Gasteiger partial charge in [0, 0.05) is 24.9 Å². The van der Waals surface area contributed by atoms with Gasteiger partial charge in [0.1, 0.15) is 0 Å². The van der Waals surface area contributed by atoms with Crippen LogP contribution in [0.15, 0.2) is 18.2 Å². The molecule has 20 heavy (non-hydrogen) atoms. The summed E-state index contributed by atoms with van der Waals surface area (Å²) in [6.45, 7) is 1.57. The van der Waals surface area contributed by atoms with E-state index in [1.54, 1.807) is 18.2 Å². The van der Waals surface area contributed by atoms with Crippen LogP contribution in [0.3, 0.4) is 0 Å². The summed E-state index contributed by atoms with van der Waals surface area (Å²) in [6.07, 6.45) is 0.0708. The predicted octanol–water partition coefficient (Wildman–Crippen LogP) is 1.14. The van der Waals surface area contributed by atoms with Crippen LogP contribution >= 0.6 is 11.6 Å². The summed E-state index contributed by atoms with van der Waals surface area (Å²) < 4.78 is 0. The Morgan fingerprint density at radius 2 is 2.15 bits per heavy atom. The van der Waals surface area contributed by atoms with Crippen LogP contribution in [-0.2, 0) is 14.4 Å². The van der Waals surface area contributed by atoms with Crippen LogP contribution in [0.4, 0.5) is 11.4 Å². The molecule has 0 spiro atoms. The highest BCUT2D eigenvalue weighted by Gasteiger charge is 2.35. The van der Waals surface area contributed by atoms with E-state index in [0.717, 1.165) is 0 Å². The molecule has 1 atom stereocenters. The fourth-order valence-corrected chi connectivity index (χ4v) is 2.32. The zero-order valence-electron chi connectivity index (χ0n) is 10.9. The molecule has 1 aromatic carbocycles. The number of benzene rings is 1. The van der Waals surface area contributed by atoms with Gasteiger partial charge in [-0.1, -0.05) is 11.6 Å². The van der Waals surface area contributed by atoms with E-state index in [1.807, 2.05) is 0 Å². The average Bonchev–Trinajstić information content (AvgIpc) is 2.73. The monoisotopic (exact) mass is 295 g/mol. The molecule has 0 bridgehead atoms. The highest BCUT2D eigenvalue weighted by atomic mass is 35.5. The lowest BCUT2D eigenvalue weighted by Crippen LogP contribution is -2.29. The Bertz CT molecular complexity index is 588. The Morgan fingerprint density at radius 3 is 2.70 bits per heavy atom. The summed E-state index contributed by atoms with van der Waals surface area (Å²) in [6, 6.07) is 4.81. The predicted molar refractivity (Wildman–Crippen MR) is 75.4 cm³/mol. The van der Waals surface area contributed by atoms with E-state index in [1.165, 1.54) is 11.8 Å². The molecule has 7 heteroatoms. The number of anilines is 2. The lowest BCUT2D eigenvalue weighted by molar-refractivity contribution is -0.123. The number of nitrogens with one attached hydrogen (secondary N) is 1. The van der Waals surface area contributed by atoms with Gasteiger partial charge in [0.25, 0.3) is 0 Å². The van der Waals surface area contributed by atoms with Gasteiger partial charge in [-0.15, -0.1) is 0 Å². The number of primary amides is 1. The summed E-state index contributed by atoms with van der Waals surface area (Å²) in [7, 11) is 0. The lowest BCUT2D eigenvalue weighted by atomic mass is 10.1. The Labute approximate surface area is 120 Å². The van der Waals surface area contributed by atoms with Crippen molar-refractivity contribution in [2.24, 2.45) is 11.7 Å². The third kappa shape index (κ3) is 2.91. The fourth-order valence-electron chi connectivity index (χ4n) is 2.15. The second-order valence-corrected chi connectivity index (χ2v) is 5.09. The topological polar surface area (TPSA) is 92.5 Å². The first-order valence-corrected chi connectivity index (χ1v) is 6.43. The van der Waals surface area contributed by atoms with Crippen LogP contribution in [0, 0.1) is 5.92 Å². The molecule has 3 amide bonds. The largest absolute Gasteiger partial charge is 0.369 e. The number of rotatable bonds is 3. The first-order chi connectivity index (χ1) is 9.38. The molecular formula is C13H14ClN3O3. The molecule has 1 aliphatic rings. The minimum absolute atomic E-state index is 0.0708. The van der Waals surface area contributed by atoms with Gasteiger partial charge in [-0.05, 0) is 18.2 Å². The molecule has 1 aromatic rings. The average molecular weight is 296 g/mol. The maximum absolute atomic E-state index is 12.0. The molecular weight excluding hydrogens is 282 g/mol. The van der Waals surface area contributed by atoms with Crippen molar-refractivity contribution in [3.05, 3.63) is 23.2 Å². The highest BCUT2D eigenvalue weighted by molar-refractivity contribution is 6.31. The van der Waals surface area contributed by atoms with E-state index in [2.05, 4.69) is 5.32 Å². The van der Waals surface area contributed by atoms with E-state index >= 15 is 0 Å². The summed E-state index contributed by atoms with van der Waals surface area (Å²) in [4.78, 5) is 35.8. The Balaban J connectivity index is 2.36. The second-order valence-electron chi connectivity index (χ2n) is 4.65. The van der Waals surface area contributed by atoms with Crippen molar-refractivity contribution in [1.82, 2.24) is 0 Å². The van der Waals surface area contributed by atoms with Crippen molar-refractivity contribution in [1.29, 1.82) is 0 Å². The lowest BCUT2D eigenvalue weighted by Gasteiger charge is -2.20. The molecule has 0 saturated carbocycles.